The minimum absolute atomic E-state index is 0.605. The second kappa shape index (κ2) is 3.78. The maximum Gasteiger partial charge on any atom is 0.180 e. The smallest absolute Gasteiger partial charge is 0.180 e. The summed E-state index contributed by atoms with van der Waals surface area (Å²) in [6.45, 7) is 4.05. The molecule has 17 heavy (non-hydrogen) atoms. The monoisotopic (exact) mass is 261 g/mol. The van der Waals surface area contributed by atoms with Crippen LogP contribution in [0.3, 0.4) is 0 Å². The van der Waals surface area contributed by atoms with E-state index in [1.165, 1.54) is 21.6 Å². The van der Waals surface area contributed by atoms with E-state index >= 15 is 0 Å². The van der Waals surface area contributed by atoms with Crippen LogP contribution in [0.1, 0.15) is 11.3 Å². The van der Waals surface area contributed by atoms with Crippen LogP contribution in [-0.2, 0) is 0 Å². The first-order valence-corrected chi connectivity index (χ1v) is 6.87. The standard InChI is InChI=1S/C12H11N3S2/c1-6-3-4-9-8(5-6)15-11(16-9)10-7(2)14-12(13)17-10/h3-5H,1-2H3,(H2,13,14). The van der Waals surface area contributed by atoms with Gasteiger partial charge in [0.25, 0.3) is 0 Å². The van der Waals surface area contributed by atoms with Gasteiger partial charge in [-0.1, -0.05) is 17.4 Å². The van der Waals surface area contributed by atoms with Gasteiger partial charge in [-0.25, -0.2) is 9.97 Å². The lowest BCUT2D eigenvalue weighted by molar-refractivity contribution is 1.27. The molecule has 0 bridgehead atoms. The van der Waals surface area contributed by atoms with E-state index in [0.29, 0.717) is 5.13 Å². The summed E-state index contributed by atoms with van der Waals surface area (Å²) >= 11 is 3.19. The van der Waals surface area contributed by atoms with Crippen LogP contribution in [0.4, 0.5) is 5.13 Å². The van der Waals surface area contributed by atoms with Crippen molar-refractivity contribution in [3.05, 3.63) is 29.5 Å². The van der Waals surface area contributed by atoms with Crippen molar-refractivity contribution in [2.45, 2.75) is 13.8 Å². The number of nitrogen functional groups attached to an aromatic ring is 1. The fourth-order valence-electron chi connectivity index (χ4n) is 1.75. The number of aryl methyl sites for hydroxylation is 2. The number of anilines is 1. The number of aromatic nitrogens is 2. The normalized spacial score (nSPS) is 11.2. The SMILES string of the molecule is Cc1ccc2sc(-c3sc(N)nc3C)nc2c1. The molecule has 3 nitrogen and oxygen atoms in total. The van der Waals surface area contributed by atoms with E-state index in [-0.39, 0.29) is 0 Å². The predicted molar refractivity (Wildman–Crippen MR) is 74.6 cm³/mol. The van der Waals surface area contributed by atoms with Crippen LogP contribution in [0.2, 0.25) is 0 Å². The van der Waals surface area contributed by atoms with Gasteiger partial charge in [-0.2, -0.15) is 0 Å². The molecule has 0 fully saturated rings. The van der Waals surface area contributed by atoms with E-state index in [2.05, 4.69) is 35.1 Å². The lowest BCUT2D eigenvalue weighted by Crippen LogP contribution is -1.80. The predicted octanol–water partition coefficient (Wildman–Crippen LogP) is 3.62. The Morgan fingerprint density at radius 1 is 1.12 bits per heavy atom. The second-order valence-electron chi connectivity index (χ2n) is 3.96. The fraction of sp³-hybridized carbons (Fsp3) is 0.167. The zero-order chi connectivity index (χ0) is 12.0. The lowest BCUT2D eigenvalue weighted by atomic mass is 10.2. The maximum atomic E-state index is 5.72. The molecule has 0 atom stereocenters. The molecular weight excluding hydrogens is 250 g/mol. The Labute approximate surface area is 107 Å². The van der Waals surface area contributed by atoms with Gasteiger partial charge in [0.1, 0.15) is 5.01 Å². The minimum Gasteiger partial charge on any atom is -0.375 e. The van der Waals surface area contributed by atoms with Crippen molar-refractivity contribution < 1.29 is 0 Å². The molecular formula is C12H11N3S2. The van der Waals surface area contributed by atoms with Crippen LogP contribution in [0.5, 0.6) is 0 Å². The Morgan fingerprint density at radius 3 is 2.65 bits per heavy atom. The van der Waals surface area contributed by atoms with Gasteiger partial charge < -0.3 is 5.73 Å². The Hall–Kier alpha value is -1.46. The Balaban J connectivity index is 2.21. The van der Waals surface area contributed by atoms with Gasteiger partial charge in [-0.3, -0.25) is 0 Å². The zero-order valence-electron chi connectivity index (χ0n) is 9.52. The zero-order valence-corrected chi connectivity index (χ0v) is 11.2. The number of hydrogen-bond acceptors (Lipinski definition) is 5. The van der Waals surface area contributed by atoms with Crippen LogP contribution in [0.25, 0.3) is 20.1 Å². The minimum atomic E-state index is 0.605. The van der Waals surface area contributed by atoms with Crippen LogP contribution in [-0.4, -0.2) is 9.97 Å². The first-order chi connectivity index (χ1) is 8.13. The molecule has 0 radical (unpaired) electrons. The number of rotatable bonds is 1. The lowest BCUT2D eigenvalue weighted by Gasteiger charge is -1.89. The van der Waals surface area contributed by atoms with Gasteiger partial charge in [0.2, 0.25) is 0 Å². The van der Waals surface area contributed by atoms with Crippen molar-refractivity contribution in [2.24, 2.45) is 0 Å². The molecule has 0 saturated heterocycles. The average Bonchev–Trinajstić information content (AvgIpc) is 2.80. The largest absolute Gasteiger partial charge is 0.375 e. The van der Waals surface area contributed by atoms with Gasteiger partial charge in [0.05, 0.1) is 20.8 Å². The summed E-state index contributed by atoms with van der Waals surface area (Å²) in [5, 5.41) is 1.62. The summed E-state index contributed by atoms with van der Waals surface area (Å²) in [7, 11) is 0. The summed E-state index contributed by atoms with van der Waals surface area (Å²) in [5.41, 5.74) is 8.96. The van der Waals surface area contributed by atoms with Crippen LogP contribution < -0.4 is 5.73 Å². The Morgan fingerprint density at radius 2 is 1.94 bits per heavy atom. The first kappa shape index (κ1) is 10.7. The molecule has 2 heterocycles. The van der Waals surface area contributed by atoms with E-state index in [1.807, 2.05) is 6.92 Å². The summed E-state index contributed by atoms with van der Waals surface area (Å²) < 4.78 is 1.21. The number of thiazole rings is 2. The summed E-state index contributed by atoms with van der Waals surface area (Å²) in [6.07, 6.45) is 0. The van der Waals surface area contributed by atoms with Crippen LogP contribution in [0.15, 0.2) is 18.2 Å². The molecule has 86 valence electrons. The number of fused-ring (bicyclic) bond motifs is 1. The first-order valence-electron chi connectivity index (χ1n) is 5.24. The molecule has 1 aromatic carbocycles. The quantitative estimate of drug-likeness (QED) is 0.728. The Bertz CT molecular complexity index is 697. The van der Waals surface area contributed by atoms with Crippen LogP contribution in [0, 0.1) is 13.8 Å². The van der Waals surface area contributed by atoms with Crippen molar-refractivity contribution >= 4 is 38.0 Å². The molecule has 0 saturated carbocycles. The van der Waals surface area contributed by atoms with E-state index in [0.717, 1.165) is 21.1 Å². The van der Waals surface area contributed by atoms with Gasteiger partial charge in [0, 0.05) is 0 Å². The van der Waals surface area contributed by atoms with Gasteiger partial charge in [-0.05, 0) is 31.5 Å². The molecule has 0 unspecified atom stereocenters. The molecule has 2 aromatic heterocycles. The van der Waals surface area contributed by atoms with E-state index in [1.54, 1.807) is 11.3 Å². The Kier molecular flexibility index (Phi) is 2.38. The highest BCUT2D eigenvalue weighted by Crippen LogP contribution is 2.36. The van der Waals surface area contributed by atoms with Crippen LogP contribution >= 0.6 is 22.7 Å². The number of nitrogens with two attached hydrogens (primary N) is 1. The molecule has 0 spiro atoms. The van der Waals surface area contributed by atoms with Crippen molar-refractivity contribution in [3.63, 3.8) is 0 Å². The van der Waals surface area contributed by atoms with E-state index in [4.69, 9.17) is 5.73 Å². The fourth-order valence-corrected chi connectivity index (χ4v) is 3.66. The van der Waals surface area contributed by atoms with Crippen molar-refractivity contribution in [2.75, 3.05) is 5.73 Å². The third-order valence-electron chi connectivity index (χ3n) is 2.55. The molecule has 0 aliphatic carbocycles. The highest BCUT2D eigenvalue weighted by atomic mass is 32.1. The molecule has 5 heteroatoms. The molecule has 3 rings (SSSR count). The van der Waals surface area contributed by atoms with Gasteiger partial charge >= 0.3 is 0 Å². The number of nitrogens with zero attached hydrogens (tertiary/aromatic N) is 2. The second-order valence-corrected chi connectivity index (χ2v) is 6.02. The third-order valence-corrected chi connectivity index (χ3v) is 4.73. The summed E-state index contributed by atoms with van der Waals surface area (Å²) in [5.74, 6) is 0. The van der Waals surface area contributed by atoms with Gasteiger partial charge in [0.15, 0.2) is 5.13 Å². The maximum absolute atomic E-state index is 5.72. The van der Waals surface area contributed by atoms with Crippen molar-refractivity contribution in [3.8, 4) is 9.88 Å². The number of benzene rings is 1. The third kappa shape index (κ3) is 1.81. The topological polar surface area (TPSA) is 51.8 Å². The number of hydrogen-bond donors (Lipinski definition) is 1. The van der Waals surface area contributed by atoms with Crippen molar-refractivity contribution in [1.82, 2.24) is 9.97 Å². The molecule has 2 N–H and O–H groups in total. The van der Waals surface area contributed by atoms with Gasteiger partial charge in [-0.15, -0.1) is 11.3 Å². The average molecular weight is 261 g/mol. The summed E-state index contributed by atoms with van der Waals surface area (Å²) in [6, 6.07) is 6.33. The molecule has 3 aromatic rings. The van der Waals surface area contributed by atoms with Crippen molar-refractivity contribution in [1.29, 1.82) is 0 Å². The van der Waals surface area contributed by atoms with E-state index < -0.39 is 0 Å². The van der Waals surface area contributed by atoms with E-state index in [9.17, 15) is 0 Å². The summed E-state index contributed by atoms with van der Waals surface area (Å²) in [4.78, 5) is 9.97. The molecule has 0 amide bonds. The highest BCUT2D eigenvalue weighted by Gasteiger charge is 2.12. The molecule has 0 aliphatic heterocycles. The molecule has 0 aliphatic rings. The highest BCUT2D eigenvalue weighted by molar-refractivity contribution is 7.26.